The summed E-state index contributed by atoms with van der Waals surface area (Å²) in [5.41, 5.74) is 5.61. The number of allylic oxidation sites excluding steroid dienone is 1. The van der Waals surface area contributed by atoms with Crippen LogP contribution in [-0.2, 0) is 0 Å². The van der Waals surface area contributed by atoms with Crippen LogP contribution in [0.1, 0.15) is 30.0 Å². The molecule has 0 amide bonds. The summed E-state index contributed by atoms with van der Waals surface area (Å²) in [6, 6.07) is 19.6. The van der Waals surface area contributed by atoms with Gasteiger partial charge in [-0.25, -0.2) is 0 Å². The maximum atomic E-state index is 9.71. The first-order valence-electron chi connectivity index (χ1n) is 9.53. The van der Waals surface area contributed by atoms with E-state index in [1.165, 1.54) is 5.57 Å². The summed E-state index contributed by atoms with van der Waals surface area (Å²) in [5, 5.41) is 12.8. The third kappa shape index (κ3) is 4.78. The SMILES string of the molecule is CC/C(=C(\c1ccc(O)cc1)c1ccc(OCCNC)cc1)c1cccnc1. The van der Waals surface area contributed by atoms with Gasteiger partial charge in [0.25, 0.3) is 0 Å². The van der Waals surface area contributed by atoms with Crippen molar-refractivity contribution in [1.29, 1.82) is 0 Å². The molecule has 0 bridgehead atoms. The number of nitrogens with one attached hydrogen (secondary N) is 1. The minimum absolute atomic E-state index is 0.260. The Labute approximate surface area is 166 Å². The second-order valence-corrected chi connectivity index (χ2v) is 6.47. The summed E-state index contributed by atoms with van der Waals surface area (Å²) in [4.78, 5) is 4.29. The van der Waals surface area contributed by atoms with E-state index in [0.717, 1.165) is 41.0 Å². The molecule has 28 heavy (non-hydrogen) atoms. The van der Waals surface area contributed by atoms with Crippen LogP contribution in [0.3, 0.4) is 0 Å². The van der Waals surface area contributed by atoms with E-state index in [4.69, 9.17) is 4.74 Å². The average Bonchev–Trinajstić information content (AvgIpc) is 2.74. The monoisotopic (exact) mass is 374 g/mol. The number of phenolic OH excluding ortho intramolecular Hbond substituents is 1. The molecule has 4 nitrogen and oxygen atoms in total. The molecular formula is C24H26N2O2. The molecule has 0 fully saturated rings. The molecule has 0 aliphatic rings. The number of phenols is 1. The van der Waals surface area contributed by atoms with Crippen molar-refractivity contribution < 1.29 is 9.84 Å². The highest BCUT2D eigenvalue weighted by atomic mass is 16.5. The predicted molar refractivity (Wildman–Crippen MR) is 114 cm³/mol. The van der Waals surface area contributed by atoms with Crippen LogP contribution in [0.15, 0.2) is 73.1 Å². The van der Waals surface area contributed by atoms with Crippen LogP contribution in [0.25, 0.3) is 11.1 Å². The molecule has 3 rings (SSSR count). The van der Waals surface area contributed by atoms with Crippen LogP contribution < -0.4 is 10.1 Å². The number of likely N-dealkylation sites (N-methyl/N-ethyl adjacent to an activating group) is 1. The summed E-state index contributed by atoms with van der Waals surface area (Å²) < 4.78 is 5.75. The van der Waals surface area contributed by atoms with Crippen LogP contribution in [0.2, 0.25) is 0 Å². The maximum absolute atomic E-state index is 9.71. The van der Waals surface area contributed by atoms with E-state index >= 15 is 0 Å². The molecular weight excluding hydrogens is 348 g/mol. The lowest BCUT2D eigenvalue weighted by molar-refractivity contribution is 0.318. The number of ether oxygens (including phenoxy) is 1. The molecule has 0 saturated carbocycles. The van der Waals surface area contributed by atoms with Crippen LogP contribution >= 0.6 is 0 Å². The number of aromatic nitrogens is 1. The van der Waals surface area contributed by atoms with Gasteiger partial charge in [-0.05, 0) is 71.6 Å². The van der Waals surface area contributed by atoms with Gasteiger partial charge < -0.3 is 15.2 Å². The van der Waals surface area contributed by atoms with Gasteiger partial charge in [-0.2, -0.15) is 0 Å². The number of aromatic hydroxyl groups is 1. The highest BCUT2D eigenvalue weighted by Crippen LogP contribution is 2.35. The molecule has 2 N–H and O–H groups in total. The Morgan fingerprint density at radius 3 is 2.21 bits per heavy atom. The average molecular weight is 374 g/mol. The molecule has 0 saturated heterocycles. The predicted octanol–water partition coefficient (Wildman–Crippen LogP) is 4.75. The highest BCUT2D eigenvalue weighted by molar-refractivity contribution is 5.98. The van der Waals surface area contributed by atoms with Crippen molar-refractivity contribution in [3.63, 3.8) is 0 Å². The first-order chi connectivity index (χ1) is 13.7. The second kappa shape index (κ2) is 9.72. The van der Waals surface area contributed by atoms with E-state index in [1.54, 1.807) is 18.3 Å². The molecule has 0 aliphatic heterocycles. The standard InChI is InChI=1S/C24H26N2O2/c1-3-23(20-5-4-14-26-17-20)24(18-6-10-21(27)11-7-18)19-8-12-22(13-9-19)28-16-15-25-2/h4-14,17,25,27H,3,15-16H2,1-2H3/b24-23-. The van der Waals surface area contributed by atoms with Crippen molar-refractivity contribution in [2.75, 3.05) is 20.2 Å². The van der Waals surface area contributed by atoms with E-state index in [0.29, 0.717) is 6.61 Å². The number of pyridine rings is 1. The normalized spacial score (nSPS) is 11.8. The van der Waals surface area contributed by atoms with E-state index < -0.39 is 0 Å². The van der Waals surface area contributed by atoms with Crippen LogP contribution in [0.5, 0.6) is 11.5 Å². The van der Waals surface area contributed by atoms with Gasteiger partial charge >= 0.3 is 0 Å². The van der Waals surface area contributed by atoms with Crippen LogP contribution in [0.4, 0.5) is 0 Å². The zero-order valence-electron chi connectivity index (χ0n) is 16.4. The Morgan fingerprint density at radius 1 is 0.964 bits per heavy atom. The van der Waals surface area contributed by atoms with Crippen molar-refractivity contribution in [2.45, 2.75) is 13.3 Å². The summed E-state index contributed by atoms with van der Waals surface area (Å²) in [6.07, 6.45) is 4.55. The summed E-state index contributed by atoms with van der Waals surface area (Å²) >= 11 is 0. The zero-order valence-corrected chi connectivity index (χ0v) is 16.4. The van der Waals surface area contributed by atoms with Gasteiger partial charge in [0.05, 0.1) is 0 Å². The van der Waals surface area contributed by atoms with Crippen molar-refractivity contribution in [3.8, 4) is 11.5 Å². The minimum atomic E-state index is 0.260. The fraction of sp³-hybridized carbons (Fsp3) is 0.208. The minimum Gasteiger partial charge on any atom is -0.508 e. The Morgan fingerprint density at radius 2 is 1.64 bits per heavy atom. The molecule has 0 unspecified atom stereocenters. The number of benzene rings is 2. The Kier molecular flexibility index (Phi) is 6.82. The lowest BCUT2D eigenvalue weighted by Gasteiger charge is -2.16. The molecule has 0 spiro atoms. The van der Waals surface area contributed by atoms with Gasteiger partial charge in [-0.15, -0.1) is 0 Å². The first kappa shape index (κ1) is 19.6. The van der Waals surface area contributed by atoms with Gasteiger partial charge in [0.1, 0.15) is 18.1 Å². The summed E-state index contributed by atoms with van der Waals surface area (Å²) in [7, 11) is 1.91. The van der Waals surface area contributed by atoms with Gasteiger partial charge in [-0.1, -0.05) is 37.3 Å². The van der Waals surface area contributed by atoms with E-state index in [1.807, 2.05) is 43.6 Å². The number of hydrogen-bond donors (Lipinski definition) is 2. The largest absolute Gasteiger partial charge is 0.508 e. The number of rotatable bonds is 8. The highest BCUT2D eigenvalue weighted by Gasteiger charge is 2.13. The van der Waals surface area contributed by atoms with Crippen LogP contribution in [-0.4, -0.2) is 30.3 Å². The molecule has 3 aromatic rings. The fourth-order valence-electron chi connectivity index (χ4n) is 3.20. The van der Waals surface area contributed by atoms with E-state index in [9.17, 15) is 5.11 Å². The Hall–Kier alpha value is -3.11. The Bertz CT molecular complexity index is 902. The summed E-state index contributed by atoms with van der Waals surface area (Å²) in [5.74, 6) is 1.11. The van der Waals surface area contributed by atoms with Crippen molar-refractivity contribution in [2.24, 2.45) is 0 Å². The molecule has 2 aromatic carbocycles. The topological polar surface area (TPSA) is 54.4 Å². The van der Waals surface area contributed by atoms with Gasteiger partial charge in [0, 0.05) is 18.9 Å². The third-order valence-electron chi connectivity index (χ3n) is 4.59. The lowest BCUT2D eigenvalue weighted by Crippen LogP contribution is -2.15. The first-order valence-corrected chi connectivity index (χ1v) is 9.53. The molecule has 0 radical (unpaired) electrons. The summed E-state index contributed by atoms with van der Waals surface area (Å²) in [6.45, 7) is 3.59. The number of nitrogens with zero attached hydrogens (tertiary/aromatic N) is 1. The quantitative estimate of drug-likeness (QED) is 0.559. The lowest BCUT2D eigenvalue weighted by atomic mass is 9.89. The smallest absolute Gasteiger partial charge is 0.119 e. The van der Waals surface area contributed by atoms with Crippen molar-refractivity contribution >= 4 is 11.1 Å². The molecule has 1 aromatic heterocycles. The van der Waals surface area contributed by atoms with Crippen molar-refractivity contribution in [1.82, 2.24) is 10.3 Å². The zero-order chi connectivity index (χ0) is 19.8. The molecule has 4 heteroatoms. The van der Waals surface area contributed by atoms with E-state index in [-0.39, 0.29) is 5.75 Å². The third-order valence-corrected chi connectivity index (χ3v) is 4.59. The molecule has 1 heterocycles. The second-order valence-electron chi connectivity index (χ2n) is 6.47. The molecule has 0 atom stereocenters. The van der Waals surface area contributed by atoms with Gasteiger partial charge in [0.2, 0.25) is 0 Å². The Balaban J connectivity index is 2.06. The van der Waals surface area contributed by atoms with Gasteiger partial charge in [0.15, 0.2) is 0 Å². The maximum Gasteiger partial charge on any atom is 0.119 e. The molecule has 144 valence electrons. The van der Waals surface area contributed by atoms with Crippen LogP contribution in [0, 0.1) is 0 Å². The van der Waals surface area contributed by atoms with Crippen molar-refractivity contribution in [3.05, 3.63) is 89.7 Å². The fourth-order valence-corrected chi connectivity index (χ4v) is 3.20. The number of hydrogen-bond acceptors (Lipinski definition) is 4. The molecule has 0 aliphatic carbocycles. The van der Waals surface area contributed by atoms with Gasteiger partial charge in [-0.3, -0.25) is 4.98 Å². The van der Waals surface area contributed by atoms with E-state index in [2.05, 4.69) is 35.4 Å².